The molecule has 0 aliphatic carbocycles. The van der Waals surface area contributed by atoms with Crippen LogP contribution < -0.4 is 0 Å². The standard InChI is InChI=1S/C10H11FN2/c1-7(2)8-3-4-10(11)13-9(8)5-6-12-13/h3-7H,1-2H3. The quantitative estimate of drug-likeness (QED) is 0.613. The van der Waals surface area contributed by atoms with Crippen molar-refractivity contribution in [2.45, 2.75) is 19.8 Å². The number of halogens is 1. The zero-order chi connectivity index (χ0) is 9.42. The minimum absolute atomic E-state index is 0.315. The van der Waals surface area contributed by atoms with Gasteiger partial charge in [-0.25, -0.2) is 4.52 Å². The molecule has 68 valence electrons. The van der Waals surface area contributed by atoms with Crippen LogP contribution in [0.3, 0.4) is 0 Å². The Morgan fingerprint density at radius 2 is 2.08 bits per heavy atom. The minimum atomic E-state index is -0.315. The third-order valence-corrected chi connectivity index (χ3v) is 2.16. The third-order valence-electron chi connectivity index (χ3n) is 2.16. The normalized spacial score (nSPS) is 11.4. The third kappa shape index (κ3) is 1.20. The van der Waals surface area contributed by atoms with Gasteiger partial charge in [-0.2, -0.15) is 9.49 Å². The van der Waals surface area contributed by atoms with E-state index >= 15 is 0 Å². The maximum atomic E-state index is 13.2. The van der Waals surface area contributed by atoms with Crippen LogP contribution in [0.1, 0.15) is 25.3 Å². The minimum Gasteiger partial charge on any atom is -0.206 e. The molecule has 0 radical (unpaired) electrons. The molecule has 3 heteroatoms. The first-order chi connectivity index (χ1) is 6.20. The van der Waals surface area contributed by atoms with E-state index in [1.165, 1.54) is 10.6 Å². The Hall–Kier alpha value is -1.38. The smallest absolute Gasteiger partial charge is 0.206 e. The Kier molecular flexibility index (Phi) is 1.79. The van der Waals surface area contributed by atoms with Gasteiger partial charge in [0, 0.05) is 0 Å². The lowest BCUT2D eigenvalue weighted by Crippen LogP contribution is -1.98. The van der Waals surface area contributed by atoms with Crippen LogP contribution in [0.25, 0.3) is 5.52 Å². The van der Waals surface area contributed by atoms with Crippen molar-refractivity contribution in [1.29, 1.82) is 0 Å². The van der Waals surface area contributed by atoms with Crippen LogP contribution in [0.15, 0.2) is 24.4 Å². The summed E-state index contributed by atoms with van der Waals surface area (Å²) in [5.74, 6) is 0.0733. The topological polar surface area (TPSA) is 17.3 Å². The first-order valence-corrected chi connectivity index (χ1v) is 4.32. The highest BCUT2D eigenvalue weighted by Crippen LogP contribution is 2.20. The number of aromatic nitrogens is 2. The predicted molar refractivity (Wildman–Crippen MR) is 49.2 cm³/mol. The number of hydrogen-bond donors (Lipinski definition) is 0. The lowest BCUT2D eigenvalue weighted by atomic mass is 10.0. The monoisotopic (exact) mass is 178 g/mol. The molecule has 0 unspecified atom stereocenters. The van der Waals surface area contributed by atoms with E-state index < -0.39 is 0 Å². The summed E-state index contributed by atoms with van der Waals surface area (Å²) < 4.78 is 14.5. The molecule has 0 saturated heterocycles. The molecule has 0 saturated carbocycles. The van der Waals surface area contributed by atoms with Crippen molar-refractivity contribution in [2.24, 2.45) is 0 Å². The average molecular weight is 178 g/mol. The molecule has 2 rings (SSSR count). The Morgan fingerprint density at radius 1 is 1.31 bits per heavy atom. The fourth-order valence-corrected chi connectivity index (χ4v) is 1.49. The van der Waals surface area contributed by atoms with Gasteiger partial charge in [-0.05, 0) is 23.6 Å². The summed E-state index contributed by atoms with van der Waals surface area (Å²) in [7, 11) is 0. The second kappa shape index (κ2) is 2.83. The molecule has 0 spiro atoms. The number of nitrogens with zero attached hydrogens (tertiary/aromatic N) is 2. The second-order valence-corrected chi connectivity index (χ2v) is 3.39. The Bertz CT molecular complexity index is 431. The molecule has 2 aromatic rings. The van der Waals surface area contributed by atoms with Crippen molar-refractivity contribution in [1.82, 2.24) is 9.61 Å². The summed E-state index contributed by atoms with van der Waals surface area (Å²) in [6.45, 7) is 4.17. The fourth-order valence-electron chi connectivity index (χ4n) is 1.49. The lowest BCUT2D eigenvalue weighted by Gasteiger charge is -2.07. The molecule has 2 aromatic heterocycles. The number of rotatable bonds is 1. The highest BCUT2D eigenvalue weighted by molar-refractivity contribution is 5.54. The van der Waals surface area contributed by atoms with Crippen LogP contribution >= 0.6 is 0 Å². The van der Waals surface area contributed by atoms with E-state index in [2.05, 4.69) is 18.9 Å². The van der Waals surface area contributed by atoms with E-state index in [1.807, 2.05) is 12.1 Å². The SMILES string of the molecule is CC(C)c1ccc(F)n2nccc12. The van der Waals surface area contributed by atoms with Crippen molar-refractivity contribution in [3.05, 3.63) is 35.9 Å². The Labute approximate surface area is 76.0 Å². The fraction of sp³-hybridized carbons (Fsp3) is 0.300. The summed E-state index contributed by atoms with van der Waals surface area (Å²) in [6, 6.07) is 5.10. The van der Waals surface area contributed by atoms with Crippen LogP contribution in [0, 0.1) is 5.95 Å². The molecule has 0 aliphatic heterocycles. The van der Waals surface area contributed by atoms with Crippen LogP contribution in [0.4, 0.5) is 4.39 Å². The zero-order valence-electron chi connectivity index (χ0n) is 7.66. The van der Waals surface area contributed by atoms with Gasteiger partial charge in [0.25, 0.3) is 0 Å². The predicted octanol–water partition coefficient (Wildman–Crippen LogP) is 2.60. The number of fused-ring (bicyclic) bond motifs is 1. The molecule has 2 nitrogen and oxygen atoms in total. The first kappa shape index (κ1) is 8.23. The van der Waals surface area contributed by atoms with Crippen LogP contribution in [-0.2, 0) is 0 Å². The van der Waals surface area contributed by atoms with Crippen LogP contribution in [0.5, 0.6) is 0 Å². The molecule has 0 aliphatic rings. The van der Waals surface area contributed by atoms with E-state index in [9.17, 15) is 4.39 Å². The van der Waals surface area contributed by atoms with Gasteiger partial charge in [-0.3, -0.25) is 0 Å². The van der Waals surface area contributed by atoms with Gasteiger partial charge >= 0.3 is 0 Å². The summed E-state index contributed by atoms with van der Waals surface area (Å²) in [5.41, 5.74) is 1.98. The maximum Gasteiger partial charge on any atom is 0.214 e. The zero-order valence-corrected chi connectivity index (χ0v) is 7.66. The van der Waals surface area contributed by atoms with Crippen molar-refractivity contribution >= 4 is 5.52 Å². The Morgan fingerprint density at radius 3 is 2.77 bits per heavy atom. The molecule has 0 amide bonds. The average Bonchev–Trinajstić information content (AvgIpc) is 2.53. The van der Waals surface area contributed by atoms with Crippen molar-refractivity contribution in [3.8, 4) is 0 Å². The van der Waals surface area contributed by atoms with Gasteiger partial charge < -0.3 is 0 Å². The van der Waals surface area contributed by atoms with Gasteiger partial charge in [0.05, 0.1) is 11.7 Å². The molecule has 0 atom stereocenters. The summed E-state index contributed by atoms with van der Waals surface area (Å²) in [6.07, 6.45) is 1.62. The van der Waals surface area contributed by atoms with E-state index in [0.29, 0.717) is 5.92 Å². The van der Waals surface area contributed by atoms with Gasteiger partial charge in [-0.15, -0.1) is 0 Å². The largest absolute Gasteiger partial charge is 0.214 e. The van der Waals surface area contributed by atoms with Crippen molar-refractivity contribution in [2.75, 3.05) is 0 Å². The summed E-state index contributed by atoms with van der Waals surface area (Å²) in [4.78, 5) is 0. The number of hydrogen-bond acceptors (Lipinski definition) is 1. The van der Waals surface area contributed by atoms with E-state index in [0.717, 1.165) is 11.1 Å². The number of pyridine rings is 1. The van der Waals surface area contributed by atoms with Crippen LogP contribution in [0.2, 0.25) is 0 Å². The highest BCUT2D eigenvalue weighted by atomic mass is 19.1. The maximum absolute atomic E-state index is 13.2. The van der Waals surface area contributed by atoms with Gasteiger partial charge in [0.2, 0.25) is 5.95 Å². The molecular formula is C10H11FN2. The molecule has 0 N–H and O–H groups in total. The first-order valence-electron chi connectivity index (χ1n) is 4.32. The molecule has 0 bridgehead atoms. The molecular weight excluding hydrogens is 167 g/mol. The van der Waals surface area contributed by atoms with Gasteiger partial charge in [-0.1, -0.05) is 19.9 Å². The second-order valence-electron chi connectivity index (χ2n) is 3.39. The summed E-state index contributed by atoms with van der Waals surface area (Å²) >= 11 is 0. The molecule has 0 fully saturated rings. The molecule has 2 heterocycles. The van der Waals surface area contributed by atoms with Gasteiger partial charge in [0.1, 0.15) is 0 Å². The van der Waals surface area contributed by atoms with Gasteiger partial charge in [0.15, 0.2) is 0 Å². The molecule has 0 aromatic carbocycles. The highest BCUT2D eigenvalue weighted by Gasteiger charge is 2.08. The Balaban J connectivity index is 2.78. The van der Waals surface area contributed by atoms with Crippen molar-refractivity contribution in [3.63, 3.8) is 0 Å². The van der Waals surface area contributed by atoms with Crippen molar-refractivity contribution < 1.29 is 4.39 Å². The lowest BCUT2D eigenvalue weighted by molar-refractivity contribution is 0.543. The summed E-state index contributed by atoms with van der Waals surface area (Å²) in [5, 5.41) is 3.90. The van der Waals surface area contributed by atoms with E-state index in [-0.39, 0.29) is 5.95 Å². The van der Waals surface area contributed by atoms with Crippen LogP contribution in [-0.4, -0.2) is 9.61 Å². The molecule has 13 heavy (non-hydrogen) atoms. The van der Waals surface area contributed by atoms with E-state index in [4.69, 9.17) is 0 Å². The van der Waals surface area contributed by atoms with E-state index in [1.54, 1.807) is 6.20 Å².